The number of rotatable bonds is 6. The Balaban J connectivity index is 1.64. The van der Waals surface area contributed by atoms with Crippen LogP contribution in [0.4, 0.5) is 0 Å². The van der Waals surface area contributed by atoms with E-state index in [0.717, 1.165) is 20.5 Å². The van der Waals surface area contributed by atoms with Gasteiger partial charge in [-0.25, -0.2) is 14.9 Å². The molecule has 9 heteroatoms. The van der Waals surface area contributed by atoms with Crippen molar-refractivity contribution >= 4 is 23.7 Å². The lowest BCUT2D eigenvalue weighted by atomic mass is 10.1. The third-order valence-corrected chi connectivity index (χ3v) is 3.96. The van der Waals surface area contributed by atoms with Gasteiger partial charge in [-0.15, -0.1) is 0 Å². The second-order valence-electron chi connectivity index (χ2n) is 5.73. The SMILES string of the molecule is Nn1c(Cc2ccc(Cl)cc2)nn(CC(=O)N/N=C\c2ccccc2)c1=O. The molecule has 0 aliphatic rings. The van der Waals surface area contributed by atoms with E-state index in [1.165, 1.54) is 6.21 Å². The number of aromatic nitrogens is 3. The van der Waals surface area contributed by atoms with Crippen molar-refractivity contribution in [3.8, 4) is 0 Å². The van der Waals surface area contributed by atoms with Crippen LogP contribution in [0, 0.1) is 0 Å². The number of amides is 1. The first-order valence-electron chi connectivity index (χ1n) is 8.08. The first kappa shape index (κ1) is 18.4. The molecular formula is C18H17ClN6O2. The first-order valence-corrected chi connectivity index (χ1v) is 8.46. The van der Waals surface area contributed by atoms with Crippen molar-refractivity contribution in [1.82, 2.24) is 19.9 Å². The summed E-state index contributed by atoms with van der Waals surface area (Å²) in [4.78, 5) is 24.1. The van der Waals surface area contributed by atoms with Crippen molar-refractivity contribution in [1.29, 1.82) is 0 Å². The largest absolute Gasteiger partial charge is 0.365 e. The molecule has 0 aliphatic heterocycles. The van der Waals surface area contributed by atoms with E-state index in [4.69, 9.17) is 17.4 Å². The monoisotopic (exact) mass is 384 g/mol. The van der Waals surface area contributed by atoms with Gasteiger partial charge in [-0.2, -0.15) is 14.9 Å². The van der Waals surface area contributed by atoms with Crippen LogP contribution >= 0.6 is 11.6 Å². The van der Waals surface area contributed by atoms with Gasteiger partial charge in [0.1, 0.15) is 6.54 Å². The summed E-state index contributed by atoms with van der Waals surface area (Å²) in [6.45, 7) is -0.289. The van der Waals surface area contributed by atoms with E-state index in [0.29, 0.717) is 17.3 Å². The number of carbonyl (C=O) groups is 1. The summed E-state index contributed by atoms with van der Waals surface area (Å²) in [5, 5.41) is 8.60. The Kier molecular flexibility index (Phi) is 5.68. The molecule has 0 spiro atoms. The summed E-state index contributed by atoms with van der Waals surface area (Å²) in [7, 11) is 0. The van der Waals surface area contributed by atoms with Crippen molar-refractivity contribution in [3.63, 3.8) is 0 Å². The third-order valence-electron chi connectivity index (χ3n) is 3.71. The number of hydrazone groups is 1. The fourth-order valence-corrected chi connectivity index (χ4v) is 2.49. The van der Waals surface area contributed by atoms with Gasteiger partial charge in [0, 0.05) is 11.4 Å². The molecule has 2 aromatic carbocycles. The lowest BCUT2D eigenvalue weighted by Gasteiger charge is -2.00. The van der Waals surface area contributed by atoms with Gasteiger partial charge < -0.3 is 5.84 Å². The molecule has 1 aromatic heterocycles. The molecule has 138 valence electrons. The molecule has 0 atom stereocenters. The number of nitrogen functional groups attached to an aromatic ring is 1. The quantitative estimate of drug-likeness (QED) is 0.377. The Morgan fingerprint density at radius 3 is 2.59 bits per heavy atom. The van der Waals surface area contributed by atoms with E-state index in [1.807, 2.05) is 42.5 Å². The van der Waals surface area contributed by atoms with Crippen LogP contribution < -0.4 is 17.0 Å². The molecule has 0 bridgehead atoms. The van der Waals surface area contributed by atoms with Crippen LogP contribution in [0.5, 0.6) is 0 Å². The predicted octanol–water partition coefficient (Wildman–Crippen LogP) is 1.15. The molecule has 0 unspecified atom stereocenters. The van der Waals surface area contributed by atoms with Crippen LogP contribution in [-0.2, 0) is 17.8 Å². The smallest absolute Gasteiger partial charge is 0.333 e. The molecule has 8 nitrogen and oxygen atoms in total. The van der Waals surface area contributed by atoms with Crippen LogP contribution in [0.2, 0.25) is 5.02 Å². The number of hydrogen-bond donors (Lipinski definition) is 2. The van der Waals surface area contributed by atoms with E-state index >= 15 is 0 Å². The highest BCUT2D eigenvalue weighted by Crippen LogP contribution is 2.11. The zero-order chi connectivity index (χ0) is 19.2. The van der Waals surface area contributed by atoms with Crippen molar-refractivity contribution in [2.45, 2.75) is 13.0 Å². The maximum absolute atomic E-state index is 12.2. The molecule has 0 saturated heterocycles. The number of halogens is 1. The van der Waals surface area contributed by atoms with Crippen molar-refractivity contribution < 1.29 is 4.79 Å². The second-order valence-corrected chi connectivity index (χ2v) is 6.17. The number of nitrogens with two attached hydrogens (primary N) is 1. The summed E-state index contributed by atoms with van der Waals surface area (Å²) in [5.41, 5.74) is 3.50. The summed E-state index contributed by atoms with van der Waals surface area (Å²) in [6, 6.07) is 16.4. The number of benzene rings is 2. The van der Waals surface area contributed by atoms with Gasteiger partial charge in [0.25, 0.3) is 5.91 Å². The van der Waals surface area contributed by atoms with Gasteiger partial charge in [-0.05, 0) is 23.3 Å². The molecule has 3 rings (SSSR count). The zero-order valence-electron chi connectivity index (χ0n) is 14.2. The normalized spacial score (nSPS) is 11.0. The van der Waals surface area contributed by atoms with Gasteiger partial charge in [0.15, 0.2) is 5.82 Å². The Labute approximate surface area is 159 Å². The topological polar surface area (TPSA) is 107 Å². The molecule has 1 amide bonds. The van der Waals surface area contributed by atoms with Crippen LogP contribution in [0.15, 0.2) is 64.5 Å². The average Bonchev–Trinajstić information content (AvgIpc) is 2.92. The van der Waals surface area contributed by atoms with Gasteiger partial charge in [0.2, 0.25) is 0 Å². The van der Waals surface area contributed by atoms with E-state index in [9.17, 15) is 9.59 Å². The lowest BCUT2D eigenvalue weighted by Crippen LogP contribution is -2.34. The first-order chi connectivity index (χ1) is 13.0. The fourth-order valence-electron chi connectivity index (χ4n) is 2.36. The Morgan fingerprint density at radius 1 is 1.19 bits per heavy atom. The minimum absolute atomic E-state index is 0.289. The molecule has 0 aliphatic carbocycles. The molecule has 3 aromatic rings. The number of nitrogens with one attached hydrogen (secondary N) is 1. The predicted molar refractivity (Wildman–Crippen MR) is 103 cm³/mol. The molecule has 27 heavy (non-hydrogen) atoms. The Hall–Kier alpha value is -3.39. The maximum atomic E-state index is 12.2. The second kappa shape index (κ2) is 8.33. The van der Waals surface area contributed by atoms with Gasteiger partial charge >= 0.3 is 5.69 Å². The van der Waals surface area contributed by atoms with E-state index in [2.05, 4.69) is 15.6 Å². The number of nitrogens with zero attached hydrogens (tertiary/aromatic N) is 4. The van der Waals surface area contributed by atoms with E-state index in [-0.39, 0.29) is 6.54 Å². The van der Waals surface area contributed by atoms with Crippen LogP contribution in [0.25, 0.3) is 0 Å². The third kappa shape index (κ3) is 4.83. The van der Waals surface area contributed by atoms with Gasteiger partial charge in [-0.1, -0.05) is 54.1 Å². The van der Waals surface area contributed by atoms with Crippen molar-refractivity contribution in [2.75, 3.05) is 5.84 Å². The summed E-state index contributed by atoms with van der Waals surface area (Å²) in [5.74, 6) is 5.62. The molecule has 0 saturated carbocycles. The van der Waals surface area contributed by atoms with Crippen LogP contribution in [0.1, 0.15) is 17.0 Å². The summed E-state index contributed by atoms with van der Waals surface area (Å²) in [6.07, 6.45) is 1.85. The molecule has 0 radical (unpaired) electrons. The van der Waals surface area contributed by atoms with Crippen molar-refractivity contribution in [2.24, 2.45) is 5.10 Å². The van der Waals surface area contributed by atoms with Crippen LogP contribution in [0.3, 0.4) is 0 Å². The summed E-state index contributed by atoms with van der Waals surface area (Å²) < 4.78 is 1.92. The van der Waals surface area contributed by atoms with Gasteiger partial charge in [0.05, 0.1) is 6.21 Å². The van der Waals surface area contributed by atoms with Crippen LogP contribution in [-0.4, -0.2) is 26.6 Å². The van der Waals surface area contributed by atoms with E-state index in [1.54, 1.807) is 12.1 Å². The Bertz CT molecular complexity index is 1010. The summed E-state index contributed by atoms with van der Waals surface area (Å²) >= 11 is 5.86. The standard InChI is InChI=1S/C18H17ClN6O2/c19-15-8-6-13(7-9-15)10-16-23-24(18(27)25(16)20)12-17(26)22-21-11-14-4-2-1-3-5-14/h1-9,11H,10,12,20H2,(H,22,26)/b21-11-. The average molecular weight is 385 g/mol. The lowest BCUT2D eigenvalue weighted by molar-refractivity contribution is -0.121. The molecule has 1 heterocycles. The van der Waals surface area contributed by atoms with E-state index < -0.39 is 11.6 Å². The highest BCUT2D eigenvalue weighted by atomic mass is 35.5. The minimum Gasteiger partial charge on any atom is -0.333 e. The fraction of sp³-hybridized carbons (Fsp3) is 0.111. The molecule has 3 N–H and O–H groups in total. The highest BCUT2D eigenvalue weighted by Gasteiger charge is 2.14. The highest BCUT2D eigenvalue weighted by molar-refractivity contribution is 6.30. The zero-order valence-corrected chi connectivity index (χ0v) is 15.0. The van der Waals surface area contributed by atoms with Gasteiger partial charge in [-0.3, -0.25) is 4.79 Å². The molecular weight excluding hydrogens is 368 g/mol. The number of carbonyl (C=O) groups excluding carboxylic acids is 1. The maximum Gasteiger partial charge on any atom is 0.365 e. The number of hydrogen-bond acceptors (Lipinski definition) is 5. The minimum atomic E-state index is -0.582. The van der Waals surface area contributed by atoms with Crippen molar-refractivity contribution in [3.05, 3.63) is 87.1 Å². The molecule has 0 fully saturated rings. The Morgan fingerprint density at radius 2 is 1.89 bits per heavy atom.